The predicted molar refractivity (Wildman–Crippen MR) is 100 cm³/mol. The Balaban J connectivity index is 1.85. The fourth-order valence-corrected chi connectivity index (χ4v) is 2.49. The van der Waals surface area contributed by atoms with Gasteiger partial charge in [-0.1, -0.05) is 47.1 Å². The highest BCUT2D eigenvalue weighted by atomic mass is 35.5. The molecule has 7 nitrogen and oxygen atoms in total. The maximum atomic E-state index is 12.7. The number of carbonyl (C=O) groups excluding carboxylic acids is 2. The zero-order chi connectivity index (χ0) is 19.2. The van der Waals surface area contributed by atoms with Crippen molar-refractivity contribution < 1.29 is 19.3 Å². The van der Waals surface area contributed by atoms with E-state index in [4.69, 9.17) is 21.3 Å². The van der Waals surface area contributed by atoms with Crippen LogP contribution in [0.1, 0.15) is 15.9 Å². The van der Waals surface area contributed by atoms with E-state index in [9.17, 15) is 9.59 Å². The summed E-state index contributed by atoms with van der Waals surface area (Å²) >= 11 is 5.89. The number of para-hydroxylation sites is 1. The maximum Gasteiger partial charge on any atom is 0.267 e. The molecular weight excluding hydrogens is 370 g/mol. The van der Waals surface area contributed by atoms with Crippen molar-refractivity contribution in [1.29, 1.82) is 0 Å². The van der Waals surface area contributed by atoms with Gasteiger partial charge in [-0.2, -0.15) is 0 Å². The molecule has 0 aliphatic heterocycles. The third kappa shape index (κ3) is 4.41. The number of nitrogens with one attached hydrogen (secondary N) is 2. The predicted octanol–water partition coefficient (Wildman–Crippen LogP) is 3.77. The molecule has 1 heterocycles. The minimum atomic E-state index is -0.680. The van der Waals surface area contributed by atoms with Gasteiger partial charge in [0.1, 0.15) is 17.5 Å². The molecule has 0 unspecified atom stereocenters. The summed E-state index contributed by atoms with van der Waals surface area (Å²) in [5.74, 6) is -1.10. The van der Waals surface area contributed by atoms with Crippen LogP contribution in [-0.4, -0.2) is 22.2 Å². The molecule has 0 saturated carbocycles. The van der Waals surface area contributed by atoms with E-state index >= 15 is 0 Å². The van der Waals surface area contributed by atoms with Gasteiger partial charge in [-0.3, -0.25) is 14.8 Å². The Kier molecular flexibility index (Phi) is 5.65. The molecule has 0 atom stereocenters. The van der Waals surface area contributed by atoms with Gasteiger partial charge in [-0.15, -0.1) is 0 Å². The zero-order valence-electron chi connectivity index (χ0n) is 13.8. The van der Waals surface area contributed by atoms with Crippen molar-refractivity contribution in [2.24, 2.45) is 0 Å². The maximum absolute atomic E-state index is 12.7. The summed E-state index contributed by atoms with van der Waals surface area (Å²) in [5.41, 5.74) is 3.89. The molecule has 0 bridgehead atoms. The van der Waals surface area contributed by atoms with E-state index in [2.05, 4.69) is 10.5 Å². The lowest BCUT2D eigenvalue weighted by molar-refractivity contribution is -0.124. The van der Waals surface area contributed by atoms with Crippen molar-refractivity contribution >= 4 is 35.2 Å². The number of anilines is 1. The van der Waals surface area contributed by atoms with Gasteiger partial charge in [-0.25, -0.2) is 5.48 Å². The van der Waals surface area contributed by atoms with E-state index in [0.29, 0.717) is 27.5 Å². The fraction of sp³-hybridized carbons (Fsp3) is 0. The van der Waals surface area contributed by atoms with E-state index in [1.165, 1.54) is 17.8 Å². The molecule has 0 fully saturated rings. The first kappa shape index (κ1) is 18.4. The van der Waals surface area contributed by atoms with E-state index < -0.39 is 11.8 Å². The molecule has 0 saturated heterocycles. The van der Waals surface area contributed by atoms with Gasteiger partial charge in [0.25, 0.3) is 11.8 Å². The molecule has 3 aromatic rings. The van der Waals surface area contributed by atoms with Gasteiger partial charge in [0.2, 0.25) is 0 Å². The summed E-state index contributed by atoms with van der Waals surface area (Å²) in [6, 6.07) is 13.8. The van der Waals surface area contributed by atoms with Crippen LogP contribution < -0.4 is 10.8 Å². The molecule has 136 valence electrons. The van der Waals surface area contributed by atoms with Crippen LogP contribution in [-0.2, 0) is 4.79 Å². The highest BCUT2D eigenvalue weighted by Gasteiger charge is 2.18. The Bertz CT molecular complexity index is 996. The molecule has 0 aliphatic rings. The van der Waals surface area contributed by atoms with Crippen LogP contribution in [0.4, 0.5) is 5.69 Å². The van der Waals surface area contributed by atoms with Crippen molar-refractivity contribution in [1.82, 2.24) is 10.6 Å². The van der Waals surface area contributed by atoms with Crippen molar-refractivity contribution in [2.45, 2.75) is 0 Å². The minimum Gasteiger partial charge on any atom is -0.363 e. The second kappa shape index (κ2) is 8.31. The first-order chi connectivity index (χ1) is 13.1. The number of carbonyl (C=O) groups is 2. The second-order valence-corrected chi connectivity index (χ2v) is 5.87. The van der Waals surface area contributed by atoms with Crippen LogP contribution in [0.3, 0.4) is 0 Å². The van der Waals surface area contributed by atoms with E-state index in [-0.39, 0.29) is 5.56 Å². The van der Waals surface area contributed by atoms with E-state index in [1.54, 1.807) is 48.5 Å². The highest BCUT2D eigenvalue weighted by molar-refractivity contribution is 6.30. The monoisotopic (exact) mass is 383 g/mol. The molecule has 8 heteroatoms. The smallest absolute Gasteiger partial charge is 0.267 e. The number of amides is 2. The summed E-state index contributed by atoms with van der Waals surface area (Å²) in [4.78, 5) is 23.9. The number of rotatable bonds is 5. The van der Waals surface area contributed by atoms with Crippen molar-refractivity contribution in [2.75, 3.05) is 5.32 Å². The van der Waals surface area contributed by atoms with Crippen molar-refractivity contribution in [3.05, 3.63) is 77.0 Å². The zero-order valence-corrected chi connectivity index (χ0v) is 14.6. The SMILES string of the molecule is O=C(C=Cc1ccccc1NC(=O)c1conc1-c1ccc(Cl)cc1)NO. The first-order valence-corrected chi connectivity index (χ1v) is 8.19. The normalized spacial score (nSPS) is 10.7. The fourth-order valence-electron chi connectivity index (χ4n) is 2.36. The summed E-state index contributed by atoms with van der Waals surface area (Å²) in [6.45, 7) is 0. The van der Waals surface area contributed by atoms with Gasteiger partial charge in [0, 0.05) is 22.3 Å². The lowest BCUT2D eigenvalue weighted by Crippen LogP contribution is -2.15. The molecule has 1 aromatic heterocycles. The lowest BCUT2D eigenvalue weighted by Gasteiger charge is -2.08. The number of hydroxylamine groups is 1. The number of halogens is 1. The molecular formula is C19H14ClN3O4. The van der Waals surface area contributed by atoms with Gasteiger partial charge >= 0.3 is 0 Å². The van der Waals surface area contributed by atoms with Crippen LogP contribution in [0.2, 0.25) is 5.02 Å². The van der Waals surface area contributed by atoms with Crippen LogP contribution in [0.5, 0.6) is 0 Å². The molecule has 0 radical (unpaired) electrons. The van der Waals surface area contributed by atoms with Gasteiger partial charge in [-0.05, 0) is 29.8 Å². The van der Waals surface area contributed by atoms with Gasteiger partial charge in [0.15, 0.2) is 0 Å². The number of aromatic nitrogens is 1. The summed E-state index contributed by atoms with van der Waals surface area (Å²) < 4.78 is 4.97. The van der Waals surface area contributed by atoms with Crippen molar-refractivity contribution in [3.8, 4) is 11.3 Å². The number of hydrogen-bond donors (Lipinski definition) is 3. The molecule has 2 amide bonds. The van der Waals surface area contributed by atoms with Crippen LogP contribution in [0.25, 0.3) is 17.3 Å². The second-order valence-electron chi connectivity index (χ2n) is 5.43. The summed E-state index contributed by atoms with van der Waals surface area (Å²) in [6.07, 6.45) is 3.87. The Morgan fingerprint density at radius 3 is 2.59 bits per heavy atom. The van der Waals surface area contributed by atoms with E-state index in [1.807, 2.05) is 0 Å². The van der Waals surface area contributed by atoms with Gasteiger partial charge in [0.05, 0.1) is 0 Å². The molecule has 27 heavy (non-hydrogen) atoms. The number of nitrogens with zero attached hydrogens (tertiary/aromatic N) is 1. The third-order valence-corrected chi connectivity index (χ3v) is 3.92. The summed E-state index contributed by atoms with van der Waals surface area (Å²) in [5, 5.41) is 15.8. The van der Waals surface area contributed by atoms with Crippen LogP contribution >= 0.6 is 11.6 Å². The number of hydrogen-bond acceptors (Lipinski definition) is 5. The molecule has 3 N–H and O–H groups in total. The Hall–Kier alpha value is -3.42. The first-order valence-electron chi connectivity index (χ1n) is 7.81. The Labute approximate surface area is 159 Å². The van der Waals surface area contributed by atoms with Crippen molar-refractivity contribution in [3.63, 3.8) is 0 Å². The standard InChI is InChI=1S/C19H14ClN3O4/c20-14-8-5-13(6-9-14)18-15(11-27-23-18)19(25)21-16-4-2-1-3-12(16)7-10-17(24)22-26/h1-11,26H,(H,21,25)(H,22,24). The average molecular weight is 384 g/mol. The Morgan fingerprint density at radius 1 is 1.11 bits per heavy atom. The van der Waals surface area contributed by atoms with E-state index in [0.717, 1.165) is 6.08 Å². The quantitative estimate of drug-likeness (QED) is 0.353. The highest BCUT2D eigenvalue weighted by Crippen LogP contribution is 2.25. The van der Waals surface area contributed by atoms with Crippen LogP contribution in [0, 0.1) is 0 Å². The lowest BCUT2D eigenvalue weighted by atomic mass is 10.1. The third-order valence-electron chi connectivity index (χ3n) is 3.67. The topological polar surface area (TPSA) is 104 Å². The molecule has 0 spiro atoms. The average Bonchev–Trinajstić information content (AvgIpc) is 3.17. The van der Waals surface area contributed by atoms with Gasteiger partial charge < -0.3 is 9.84 Å². The molecule has 2 aromatic carbocycles. The van der Waals surface area contributed by atoms with Crippen LogP contribution in [0.15, 0.2) is 65.4 Å². The molecule has 3 rings (SSSR count). The molecule has 0 aliphatic carbocycles. The number of benzene rings is 2. The minimum absolute atomic E-state index is 0.254. The largest absolute Gasteiger partial charge is 0.363 e. The Morgan fingerprint density at radius 2 is 1.85 bits per heavy atom. The summed E-state index contributed by atoms with van der Waals surface area (Å²) in [7, 11) is 0.